The standard InChI is InChI=1S/C25H17ClN2O5/c1-15-23(25(30)33-14-22(29)16-9-11-19(12-10-16)28(31)32)20-7-2-3-8-21(20)27-24(15)17-5-4-6-18(26)13-17/h2-13H,14H2,1H3. The number of carbonyl (C=O) groups is 2. The Bertz CT molecular complexity index is 1400. The van der Waals surface area contributed by atoms with Crippen LogP contribution in [0, 0.1) is 17.0 Å². The van der Waals surface area contributed by atoms with E-state index in [1.807, 2.05) is 12.1 Å². The maximum Gasteiger partial charge on any atom is 0.339 e. The first-order chi connectivity index (χ1) is 15.8. The maximum atomic E-state index is 13.1. The van der Waals surface area contributed by atoms with Gasteiger partial charge in [-0.25, -0.2) is 9.78 Å². The summed E-state index contributed by atoms with van der Waals surface area (Å²) in [4.78, 5) is 40.5. The highest BCUT2D eigenvalue weighted by molar-refractivity contribution is 6.30. The molecule has 0 radical (unpaired) electrons. The zero-order chi connectivity index (χ0) is 23.5. The molecule has 0 fully saturated rings. The summed E-state index contributed by atoms with van der Waals surface area (Å²) >= 11 is 6.14. The van der Waals surface area contributed by atoms with Gasteiger partial charge in [-0.05, 0) is 42.8 Å². The van der Waals surface area contributed by atoms with Crippen molar-refractivity contribution in [1.82, 2.24) is 4.98 Å². The quantitative estimate of drug-likeness (QED) is 0.156. The first-order valence-electron chi connectivity index (χ1n) is 9.95. The molecule has 0 aliphatic heterocycles. The lowest BCUT2D eigenvalue weighted by Gasteiger charge is -2.14. The van der Waals surface area contributed by atoms with E-state index in [9.17, 15) is 19.7 Å². The number of halogens is 1. The van der Waals surface area contributed by atoms with Crippen LogP contribution >= 0.6 is 11.6 Å². The Kier molecular flexibility index (Phi) is 6.15. The highest BCUT2D eigenvalue weighted by atomic mass is 35.5. The van der Waals surface area contributed by atoms with Crippen LogP contribution in [-0.2, 0) is 4.74 Å². The third-order valence-corrected chi connectivity index (χ3v) is 5.41. The number of nitro benzene ring substituents is 1. The highest BCUT2D eigenvalue weighted by Crippen LogP contribution is 2.31. The second kappa shape index (κ2) is 9.18. The minimum Gasteiger partial charge on any atom is -0.454 e. The van der Waals surface area contributed by atoms with E-state index in [-0.39, 0.29) is 11.3 Å². The largest absolute Gasteiger partial charge is 0.454 e. The monoisotopic (exact) mass is 460 g/mol. The van der Waals surface area contributed by atoms with Crippen molar-refractivity contribution >= 4 is 39.9 Å². The van der Waals surface area contributed by atoms with E-state index in [0.29, 0.717) is 32.7 Å². The van der Waals surface area contributed by atoms with E-state index >= 15 is 0 Å². The molecule has 4 rings (SSSR count). The Morgan fingerprint density at radius 2 is 1.76 bits per heavy atom. The van der Waals surface area contributed by atoms with Crippen molar-refractivity contribution in [2.24, 2.45) is 0 Å². The van der Waals surface area contributed by atoms with Crippen LogP contribution in [-0.4, -0.2) is 28.3 Å². The van der Waals surface area contributed by atoms with Gasteiger partial charge in [0.1, 0.15) is 0 Å². The summed E-state index contributed by atoms with van der Waals surface area (Å²) in [5, 5.41) is 11.9. The van der Waals surface area contributed by atoms with Gasteiger partial charge in [0.05, 0.1) is 21.7 Å². The average Bonchev–Trinajstić information content (AvgIpc) is 2.82. The molecule has 0 atom stereocenters. The second-order valence-corrected chi connectivity index (χ2v) is 7.73. The van der Waals surface area contributed by atoms with E-state index in [1.165, 1.54) is 24.3 Å². The molecule has 0 aliphatic rings. The molecule has 0 saturated carbocycles. The number of ether oxygens (including phenoxy) is 1. The lowest BCUT2D eigenvalue weighted by molar-refractivity contribution is -0.384. The number of rotatable bonds is 6. The van der Waals surface area contributed by atoms with E-state index < -0.39 is 23.3 Å². The number of non-ortho nitro benzene ring substituents is 1. The molecule has 7 nitrogen and oxygen atoms in total. The van der Waals surface area contributed by atoms with Gasteiger partial charge in [0.25, 0.3) is 5.69 Å². The van der Waals surface area contributed by atoms with Crippen LogP contribution in [0.5, 0.6) is 0 Å². The molecule has 0 amide bonds. The van der Waals surface area contributed by atoms with E-state index in [0.717, 1.165) is 5.56 Å². The van der Waals surface area contributed by atoms with Crippen LogP contribution in [0.2, 0.25) is 5.02 Å². The van der Waals surface area contributed by atoms with Crippen molar-refractivity contribution in [3.05, 3.63) is 105 Å². The Morgan fingerprint density at radius 3 is 2.45 bits per heavy atom. The van der Waals surface area contributed by atoms with Gasteiger partial charge in [-0.1, -0.05) is 41.9 Å². The fourth-order valence-corrected chi connectivity index (χ4v) is 3.73. The SMILES string of the molecule is Cc1c(-c2cccc(Cl)c2)nc2ccccc2c1C(=O)OCC(=O)c1ccc([N+](=O)[O-])cc1. The van der Waals surface area contributed by atoms with Crippen molar-refractivity contribution in [1.29, 1.82) is 0 Å². The number of pyridine rings is 1. The van der Waals surface area contributed by atoms with Gasteiger partial charge in [-0.15, -0.1) is 0 Å². The van der Waals surface area contributed by atoms with Gasteiger partial charge in [-0.3, -0.25) is 14.9 Å². The summed E-state index contributed by atoms with van der Waals surface area (Å²) in [6.45, 7) is 1.27. The fourth-order valence-electron chi connectivity index (χ4n) is 3.54. The predicted octanol–water partition coefficient (Wildman–Crippen LogP) is 5.81. The van der Waals surface area contributed by atoms with Crippen molar-refractivity contribution in [2.45, 2.75) is 6.92 Å². The van der Waals surface area contributed by atoms with Crippen LogP contribution in [0.4, 0.5) is 5.69 Å². The van der Waals surface area contributed by atoms with E-state index in [1.54, 1.807) is 43.3 Å². The minimum absolute atomic E-state index is 0.129. The maximum absolute atomic E-state index is 13.1. The number of nitro groups is 1. The molecule has 3 aromatic carbocycles. The van der Waals surface area contributed by atoms with Gasteiger partial charge < -0.3 is 4.74 Å². The summed E-state index contributed by atoms with van der Waals surface area (Å²) in [5.74, 6) is -1.13. The molecule has 8 heteroatoms. The Balaban J connectivity index is 1.65. The van der Waals surface area contributed by atoms with Gasteiger partial charge in [-0.2, -0.15) is 0 Å². The van der Waals surface area contributed by atoms with Crippen molar-refractivity contribution in [2.75, 3.05) is 6.61 Å². The molecule has 164 valence electrons. The molecule has 0 bridgehead atoms. The minimum atomic E-state index is -0.662. The predicted molar refractivity (Wildman–Crippen MR) is 125 cm³/mol. The number of fused-ring (bicyclic) bond motifs is 1. The first kappa shape index (κ1) is 22.1. The zero-order valence-corrected chi connectivity index (χ0v) is 18.2. The van der Waals surface area contributed by atoms with E-state index in [4.69, 9.17) is 21.3 Å². The first-order valence-corrected chi connectivity index (χ1v) is 10.3. The van der Waals surface area contributed by atoms with Crippen LogP contribution in [0.3, 0.4) is 0 Å². The smallest absolute Gasteiger partial charge is 0.339 e. The molecule has 1 aromatic heterocycles. The van der Waals surface area contributed by atoms with E-state index in [2.05, 4.69) is 0 Å². The van der Waals surface area contributed by atoms with Crippen molar-refractivity contribution < 1.29 is 19.2 Å². The summed E-state index contributed by atoms with van der Waals surface area (Å²) in [7, 11) is 0. The third kappa shape index (κ3) is 4.58. The molecule has 0 unspecified atom stereocenters. The third-order valence-electron chi connectivity index (χ3n) is 5.17. The van der Waals surface area contributed by atoms with Crippen molar-refractivity contribution in [3.63, 3.8) is 0 Å². The Hall–Kier alpha value is -4.10. The molecular weight excluding hydrogens is 444 g/mol. The zero-order valence-electron chi connectivity index (χ0n) is 17.4. The number of carbonyl (C=O) groups excluding carboxylic acids is 2. The van der Waals surface area contributed by atoms with Crippen LogP contribution in [0.1, 0.15) is 26.3 Å². The fraction of sp³-hybridized carbons (Fsp3) is 0.0800. The summed E-state index contributed by atoms with van der Waals surface area (Å²) in [6.07, 6.45) is 0. The molecule has 0 spiro atoms. The number of hydrogen-bond acceptors (Lipinski definition) is 6. The highest BCUT2D eigenvalue weighted by Gasteiger charge is 2.21. The number of ketones is 1. The van der Waals surface area contributed by atoms with Gasteiger partial charge in [0, 0.05) is 33.7 Å². The number of hydrogen-bond donors (Lipinski definition) is 0. The number of esters is 1. The summed E-state index contributed by atoms with van der Waals surface area (Å²) in [6, 6.07) is 19.5. The topological polar surface area (TPSA) is 99.4 Å². The Labute approximate surface area is 193 Å². The Morgan fingerprint density at radius 1 is 1.03 bits per heavy atom. The number of para-hydroxylation sites is 1. The van der Waals surface area contributed by atoms with Gasteiger partial charge in [0.2, 0.25) is 0 Å². The number of benzene rings is 3. The molecule has 0 aliphatic carbocycles. The van der Waals surface area contributed by atoms with Crippen molar-refractivity contribution in [3.8, 4) is 11.3 Å². The van der Waals surface area contributed by atoms with Gasteiger partial charge in [0.15, 0.2) is 12.4 Å². The van der Waals surface area contributed by atoms with Crippen LogP contribution in [0.25, 0.3) is 22.2 Å². The summed E-state index contributed by atoms with van der Waals surface area (Å²) < 4.78 is 5.35. The van der Waals surface area contributed by atoms with Crippen LogP contribution in [0.15, 0.2) is 72.8 Å². The molecular formula is C25H17ClN2O5. The normalized spacial score (nSPS) is 10.7. The molecule has 0 N–H and O–H groups in total. The summed E-state index contributed by atoms with van der Waals surface area (Å²) in [5.41, 5.74) is 2.94. The second-order valence-electron chi connectivity index (χ2n) is 7.29. The number of Topliss-reactive ketones (excluding diaryl/α,β-unsaturated/α-hetero) is 1. The molecule has 0 saturated heterocycles. The number of nitrogens with zero attached hydrogens (tertiary/aromatic N) is 2. The lowest BCUT2D eigenvalue weighted by atomic mass is 9.98. The lowest BCUT2D eigenvalue weighted by Crippen LogP contribution is -2.16. The number of aromatic nitrogens is 1. The van der Waals surface area contributed by atoms with Gasteiger partial charge >= 0.3 is 5.97 Å². The molecule has 33 heavy (non-hydrogen) atoms. The molecule has 4 aromatic rings. The average molecular weight is 461 g/mol. The molecule has 1 heterocycles. The van der Waals surface area contributed by atoms with Crippen LogP contribution < -0.4 is 0 Å².